The first-order valence-corrected chi connectivity index (χ1v) is 9.59. The van der Waals surface area contributed by atoms with E-state index in [0.717, 1.165) is 6.26 Å². The predicted octanol–water partition coefficient (Wildman–Crippen LogP) is 0.221. The molecule has 4 N–H and O–H groups in total. The number of rotatable bonds is 6. The molecule has 0 bridgehead atoms. The van der Waals surface area contributed by atoms with Gasteiger partial charge in [-0.1, -0.05) is 16.8 Å². The Bertz CT molecular complexity index is 759. The number of amidine groups is 1. The molecule has 0 unspecified atom stereocenters. The summed E-state index contributed by atoms with van der Waals surface area (Å²) in [5.74, 6) is -1.46. The standard InChI is InChI=1S/C10H14ClN3O5S2/c1-20(16,17)4-5-21(18,19)14-9-6-7(11)2-3-8(9)10(12)13-15/h2-3,6,14-15H,4-5H2,1H3,(H2,12,13). The van der Waals surface area contributed by atoms with Gasteiger partial charge in [-0.3, -0.25) is 4.72 Å². The molecule has 0 amide bonds. The van der Waals surface area contributed by atoms with Crippen LogP contribution in [-0.2, 0) is 19.9 Å². The van der Waals surface area contributed by atoms with Gasteiger partial charge in [0, 0.05) is 16.8 Å². The van der Waals surface area contributed by atoms with Crippen LogP contribution in [0.5, 0.6) is 0 Å². The van der Waals surface area contributed by atoms with E-state index in [0.29, 0.717) is 0 Å². The second-order valence-corrected chi connectivity index (χ2v) is 8.76. The first-order valence-electron chi connectivity index (χ1n) is 5.50. The van der Waals surface area contributed by atoms with Gasteiger partial charge in [0.25, 0.3) is 0 Å². The zero-order chi connectivity index (χ0) is 16.3. The first-order chi connectivity index (χ1) is 9.54. The third kappa shape index (κ3) is 5.78. The van der Waals surface area contributed by atoms with Crippen LogP contribution in [-0.4, -0.2) is 45.6 Å². The van der Waals surface area contributed by atoms with Gasteiger partial charge in [0.05, 0.1) is 17.2 Å². The summed E-state index contributed by atoms with van der Waals surface area (Å²) in [6.07, 6.45) is 0.934. The number of anilines is 1. The third-order valence-corrected chi connectivity index (χ3v) is 5.07. The molecule has 0 fully saturated rings. The van der Waals surface area contributed by atoms with Gasteiger partial charge in [0.1, 0.15) is 9.84 Å². The lowest BCUT2D eigenvalue weighted by atomic mass is 10.1. The van der Waals surface area contributed by atoms with Crippen molar-refractivity contribution in [3.05, 3.63) is 28.8 Å². The zero-order valence-electron chi connectivity index (χ0n) is 10.9. The van der Waals surface area contributed by atoms with Gasteiger partial charge in [-0.05, 0) is 18.2 Å². The van der Waals surface area contributed by atoms with Gasteiger partial charge in [0.15, 0.2) is 5.84 Å². The molecule has 118 valence electrons. The fourth-order valence-electron chi connectivity index (χ4n) is 1.36. The Morgan fingerprint density at radius 1 is 1.33 bits per heavy atom. The van der Waals surface area contributed by atoms with Crippen molar-refractivity contribution in [1.82, 2.24) is 0 Å². The van der Waals surface area contributed by atoms with Crippen LogP contribution >= 0.6 is 11.6 Å². The van der Waals surface area contributed by atoms with E-state index in [1.165, 1.54) is 18.2 Å². The van der Waals surface area contributed by atoms with E-state index in [2.05, 4.69) is 9.88 Å². The molecular formula is C10H14ClN3O5S2. The molecule has 1 rings (SSSR count). The number of nitrogens with two attached hydrogens (primary N) is 1. The Hall–Kier alpha value is -1.52. The number of nitrogens with one attached hydrogen (secondary N) is 1. The van der Waals surface area contributed by atoms with E-state index in [-0.39, 0.29) is 22.1 Å². The summed E-state index contributed by atoms with van der Waals surface area (Å²) in [5, 5.41) is 11.7. The van der Waals surface area contributed by atoms with Crippen molar-refractivity contribution in [2.24, 2.45) is 10.9 Å². The van der Waals surface area contributed by atoms with Crippen molar-refractivity contribution in [3.8, 4) is 0 Å². The highest BCUT2D eigenvalue weighted by atomic mass is 35.5. The molecular weight excluding hydrogens is 342 g/mol. The van der Waals surface area contributed by atoms with Crippen LogP contribution in [0.1, 0.15) is 5.56 Å². The van der Waals surface area contributed by atoms with Gasteiger partial charge in [-0.15, -0.1) is 0 Å². The minimum absolute atomic E-state index is 0.00805. The lowest BCUT2D eigenvalue weighted by Crippen LogP contribution is -2.24. The summed E-state index contributed by atoms with van der Waals surface area (Å²) < 4.78 is 47.9. The summed E-state index contributed by atoms with van der Waals surface area (Å²) in [4.78, 5) is 0. The van der Waals surface area contributed by atoms with Crippen LogP contribution in [0.3, 0.4) is 0 Å². The molecule has 0 heterocycles. The van der Waals surface area contributed by atoms with Crippen LogP contribution in [0.15, 0.2) is 23.4 Å². The van der Waals surface area contributed by atoms with Gasteiger partial charge in [0.2, 0.25) is 10.0 Å². The van der Waals surface area contributed by atoms with Gasteiger partial charge >= 0.3 is 0 Å². The van der Waals surface area contributed by atoms with Crippen molar-refractivity contribution in [2.75, 3.05) is 22.5 Å². The topological polar surface area (TPSA) is 139 Å². The number of sulfonamides is 1. The summed E-state index contributed by atoms with van der Waals surface area (Å²) in [7, 11) is -7.35. The number of hydrogen-bond donors (Lipinski definition) is 3. The average Bonchev–Trinajstić information content (AvgIpc) is 2.35. The largest absolute Gasteiger partial charge is 0.409 e. The second kappa shape index (κ2) is 6.50. The van der Waals surface area contributed by atoms with E-state index in [9.17, 15) is 16.8 Å². The Morgan fingerprint density at radius 2 is 1.95 bits per heavy atom. The highest BCUT2D eigenvalue weighted by Gasteiger charge is 2.17. The number of benzene rings is 1. The van der Waals surface area contributed by atoms with Crippen LogP contribution in [0.4, 0.5) is 5.69 Å². The normalized spacial score (nSPS) is 13.1. The number of oxime groups is 1. The predicted molar refractivity (Wildman–Crippen MR) is 81.1 cm³/mol. The number of hydrogen-bond acceptors (Lipinski definition) is 6. The van der Waals surface area contributed by atoms with Crippen molar-refractivity contribution in [1.29, 1.82) is 0 Å². The molecule has 1 aromatic carbocycles. The second-order valence-electron chi connectivity index (χ2n) is 4.23. The number of halogens is 1. The molecule has 11 heteroatoms. The van der Waals surface area contributed by atoms with E-state index in [4.69, 9.17) is 22.5 Å². The summed E-state index contributed by atoms with van der Waals surface area (Å²) in [5.41, 5.74) is 5.54. The lowest BCUT2D eigenvalue weighted by molar-refractivity contribution is 0.318. The quantitative estimate of drug-likeness (QED) is 0.289. The molecule has 8 nitrogen and oxygen atoms in total. The Morgan fingerprint density at radius 3 is 2.48 bits per heavy atom. The maximum absolute atomic E-state index is 11.9. The van der Waals surface area contributed by atoms with E-state index < -0.39 is 31.4 Å². The highest BCUT2D eigenvalue weighted by molar-refractivity contribution is 7.95. The number of nitrogens with zero attached hydrogens (tertiary/aromatic N) is 1. The molecule has 1 aromatic rings. The maximum Gasteiger partial charge on any atom is 0.233 e. The molecule has 0 aromatic heterocycles. The molecule has 0 aliphatic heterocycles. The Labute approximate surface area is 127 Å². The van der Waals surface area contributed by atoms with Crippen LogP contribution < -0.4 is 10.5 Å². The molecule has 0 aliphatic carbocycles. The van der Waals surface area contributed by atoms with Crippen LogP contribution in [0.25, 0.3) is 0 Å². The lowest BCUT2D eigenvalue weighted by Gasteiger charge is -2.12. The first kappa shape index (κ1) is 17.5. The van der Waals surface area contributed by atoms with E-state index in [1.807, 2.05) is 0 Å². The van der Waals surface area contributed by atoms with Crippen molar-refractivity contribution < 1.29 is 22.0 Å². The summed E-state index contributed by atoms with van der Waals surface area (Å²) >= 11 is 5.77. The summed E-state index contributed by atoms with van der Waals surface area (Å²) in [6.45, 7) is 0. The SMILES string of the molecule is CS(=O)(=O)CCS(=O)(=O)Nc1cc(Cl)ccc1C(N)=NO. The van der Waals surface area contributed by atoms with E-state index in [1.54, 1.807) is 0 Å². The highest BCUT2D eigenvalue weighted by Crippen LogP contribution is 2.22. The zero-order valence-corrected chi connectivity index (χ0v) is 13.3. The average molecular weight is 356 g/mol. The van der Waals surface area contributed by atoms with Crippen LogP contribution in [0, 0.1) is 0 Å². The molecule has 0 radical (unpaired) electrons. The minimum Gasteiger partial charge on any atom is -0.409 e. The maximum atomic E-state index is 11.9. The van der Waals surface area contributed by atoms with Gasteiger partial charge in [-0.2, -0.15) is 0 Å². The van der Waals surface area contributed by atoms with Crippen molar-refractivity contribution >= 4 is 43.0 Å². The fraction of sp³-hybridized carbons (Fsp3) is 0.300. The molecule has 21 heavy (non-hydrogen) atoms. The molecule has 0 spiro atoms. The van der Waals surface area contributed by atoms with Crippen molar-refractivity contribution in [3.63, 3.8) is 0 Å². The van der Waals surface area contributed by atoms with E-state index >= 15 is 0 Å². The monoisotopic (exact) mass is 355 g/mol. The van der Waals surface area contributed by atoms with Crippen LogP contribution in [0.2, 0.25) is 5.02 Å². The number of sulfone groups is 1. The van der Waals surface area contributed by atoms with Gasteiger partial charge < -0.3 is 10.9 Å². The fourth-order valence-corrected chi connectivity index (χ4v) is 4.22. The molecule has 0 saturated carbocycles. The minimum atomic E-state index is -3.93. The Kier molecular flexibility index (Phi) is 5.42. The van der Waals surface area contributed by atoms with Gasteiger partial charge in [-0.25, -0.2) is 16.8 Å². The van der Waals surface area contributed by atoms with Crippen molar-refractivity contribution in [2.45, 2.75) is 0 Å². The smallest absolute Gasteiger partial charge is 0.233 e. The Balaban J connectivity index is 3.09. The molecule has 0 saturated heterocycles. The third-order valence-electron chi connectivity index (χ3n) is 2.35. The molecule has 0 atom stereocenters. The molecule has 0 aliphatic rings. The summed E-state index contributed by atoms with van der Waals surface area (Å²) in [6, 6.07) is 4.07.